The fourth-order valence-corrected chi connectivity index (χ4v) is 7.15. The Morgan fingerprint density at radius 2 is 1.69 bits per heavy atom. The topological polar surface area (TPSA) is 15.3 Å². The molecule has 5 aliphatic carbocycles. The van der Waals surface area contributed by atoms with E-state index in [2.05, 4.69) is 105 Å². The summed E-state index contributed by atoms with van der Waals surface area (Å²) in [5.74, 6) is 0.457. The maximum Gasteiger partial charge on any atom is 0.0626 e. The third kappa shape index (κ3) is 3.86. The Kier molecular flexibility index (Phi) is 5.94. The Morgan fingerprint density at radius 3 is 2.53 bits per heavy atom. The van der Waals surface area contributed by atoms with Crippen LogP contribution in [0.1, 0.15) is 66.2 Å². The summed E-state index contributed by atoms with van der Waals surface area (Å²) in [6.45, 7) is 10.5. The molecule has 0 radical (unpaired) electrons. The summed E-state index contributed by atoms with van der Waals surface area (Å²) in [5, 5.41) is 3.97. The van der Waals surface area contributed by atoms with Crippen molar-refractivity contribution in [2.24, 2.45) is 11.3 Å². The summed E-state index contributed by atoms with van der Waals surface area (Å²) >= 11 is 0. The average Bonchev–Trinajstić information content (AvgIpc) is 3.11. The molecular formula is C34H40N2. The summed E-state index contributed by atoms with van der Waals surface area (Å²) in [7, 11) is 0. The highest BCUT2D eigenvalue weighted by molar-refractivity contribution is 5.63. The zero-order valence-corrected chi connectivity index (χ0v) is 22.4. The van der Waals surface area contributed by atoms with Gasteiger partial charge in [0.1, 0.15) is 0 Å². The Hall–Kier alpha value is -3.00. The van der Waals surface area contributed by atoms with Crippen molar-refractivity contribution in [3.63, 3.8) is 0 Å². The van der Waals surface area contributed by atoms with Crippen LogP contribution >= 0.6 is 0 Å². The van der Waals surface area contributed by atoms with Crippen LogP contribution in [0.25, 0.3) is 0 Å². The zero-order valence-electron chi connectivity index (χ0n) is 22.4. The Bertz CT molecular complexity index is 1280. The van der Waals surface area contributed by atoms with Gasteiger partial charge in [-0.3, -0.25) is 0 Å². The maximum absolute atomic E-state index is 3.97. The molecule has 6 rings (SSSR count). The molecule has 186 valence electrons. The molecule has 1 heterocycles. The molecule has 1 aliphatic heterocycles. The van der Waals surface area contributed by atoms with E-state index >= 15 is 0 Å². The van der Waals surface area contributed by atoms with Crippen LogP contribution in [0.2, 0.25) is 0 Å². The molecule has 0 aromatic rings. The van der Waals surface area contributed by atoms with Crippen molar-refractivity contribution in [2.45, 2.75) is 72.3 Å². The minimum absolute atomic E-state index is 0.102. The van der Waals surface area contributed by atoms with Crippen molar-refractivity contribution in [3.05, 3.63) is 117 Å². The lowest BCUT2D eigenvalue weighted by molar-refractivity contribution is 0.255. The Labute approximate surface area is 217 Å². The lowest BCUT2D eigenvalue weighted by Gasteiger charge is -2.43. The largest absolute Gasteiger partial charge is 0.363 e. The summed E-state index contributed by atoms with van der Waals surface area (Å²) < 4.78 is 0. The molecule has 2 atom stereocenters. The van der Waals surface area contributed by atoms with Gasteiger partial charge < -0.3 is 10.2 Å². The normalized spacial score (nSPS) is 31.1. The van der Waals surface area contributed by atoms with Crippen molar-refractivity contribution in [1.82, 2.24) is 10.2 Å². The van der Waals surface area contributed by atoms with Crippen LogP contribution in [0.15, 0.2) is 117 Å². The van der Waals surface area contributed by atoms with Crippen molar-refractivity contribution in [2.75, 3.05) is 6.54 Å². The molecule has 2 heteroatoms. The van der Waals surface area contributed by atoms with Gasteiger partial charge in [-0.05, 0) is 97.5 Å². The van der Waals surface area contributed by atoms with Crippen molar-refractivity contribution >= 4 is 0 Å². The van der Waals surface area contributed by atoms with Gasteiger partial charge in [-0.1, -0.05) is 69.4 Å². The number of hydrogen-bond acceptors (Lipinski definition) is 2. The van der Waals surface area contributed by atoms with Gasteiger partial charge >= 0.3 is 0 Å². The van der Waals surface area contributed by atoms with Crippen LogP contribution in [0, 0.1) is 11.3 Å². The van der Waals surface area contributed by atoms with Crippen molar-refractivity contribution in [1.29, 1.82) is 0 Å². The van der Waals surface area contributed by atoms with Gasteiger partial charge in [0, 0.05) is 34.6 Å². The molecule has 2 unspecified atom stereocenters. The molecule has 36 heavy (non-hydrogen) atoms. The molecule has 0 saturated carbocycles. The van der Waals surface area contributed by atoms with Crippen molar-refractivity contribution in [3.8, 4) is 0 Å². The van der Waals surface area contributed by atoms with Crippen LogP contribution in [0.3, 0.4) is 0 Å². The highest BCUT2D eigenvalue weighted by Crippen LogP contribution is 2.53. The van der Waals surface area contributed by atoms with Gasteiger partial charge in [0.2, 0.25) is 0 Å². The number of fused-ring (bicyclic) bond motifs is 2. The van der Waals surface area contributed by atoms with Crippen LogP contribution < -0.4 is 5.32 Å². The smallest absolute Gasteiger partial charge is 0.0626 e. The van der Waals surface area contributed by atoms with Crippen LogP contribution in [0.5, 0.6) is 0 Å². The standard InChI is InChI=1S/C34H40N2/c1-23-12-10-11-21-36(26-13-6-5-7-14-26)33-24(2)17-20-31(32(23)33)35-25-18-19-28-27-15-8-9-16-29(27)34(3,4)30(28)22-25/h5-6,9-13,16-17,20,22,24,33,35H,7-8,14-15,18-19,21H2,1-4H3/b11-10-,23-12+. The number of rotatable bonds is 3. The second-order valence-electron chi connectivity index (χ2n) is 11.7. The molecule has 2 nitrogen and oxygen atoms in total. The first-order valence-corrected chi connectivity index (χ1v) is 14.0. The number of nitrogens with zero attached hydrogens (tertiary/aromatic N) is 1. The van der Waals surface area contributed by atoms with E-state index in [1.54, 1.807) is 16.7 Å². The Balaban J connectivity index is 1.38. The first kappa shape index (κ1) is 23.4. The van der Waals surface area contributed by atoms with Gasteiger partial charge in [0.05, 0.1) is 6.04 Å². The van der Waals surface area contributed by atoms with Gasteiger partial charge in [-0.15, -0.1) is 0 Å². The molecule has 0 saturated heterocycles. The second-order valence-corrected chi connectivity index (χ2v) is 11.7. The lowest BCUT2D eigenvalue weighted by atomic mass is 9.77. The van der Waals surface area contributed by atoms with E-state index in [1.807, 2.05) is 0 Å². The van der Waals surface area contributed by atoms with Gasteiger partial charge in [0.25, 0.3) is 0 Å². The third-order valence-electron chi connectivity index (χ3n) is 9.02. The third-order valence-corrected chi connectivity index (χ3v) is 9.02. The van der Waals surface area contributed by atoms with Crippen LogP contribution in [-0.2, 0) is 0 Å². The summed E-state index contributed by atoms with van der Waals surface area (Å²) in [5.41, 5.74) is 13.4. The SMILES string of the molecule is C/C1=C\C=C/CN(C2=CC=CCC2)C2C1=C(NC1=CC3=C(CC1)C1=C(C=CCC1)C3(C)C)C=CC2C. The Morgan fingerprint density at radius 1 is 0.889 bits per heavy atom. The fourth-order valence-electron chi connectivity index (χ4n) is 7.15. The molecule has 1 N–H and O–H groups in total. The number of hydrogen-bond donors (Lipinski definition) is 1. The molecule has 0 bridgehead atoms. The van der Waals surface area contributed by atoms with Crippen LogP contribution in [0.4, 0.5) is 0 Å². The molecule has 6 aliphatic rings. The van der Waals surface area contributed by atoms with Crippen LogP contribution in [-0.4, -0.2) is 17.5 Å². The highest BCUT2D eigenvalue weighted by atomic mass is 15.2. The molecule has 0 aromatic carbocycles. The van der Waals surface area contributed by atoms with E-state index in [0.29, 0.717) is 12.0 Å². The van der Waals surface area contributed by atoms with E-state index in [0.717, 1.165) is 32.2 Å². The van der Waals surface area contributed by atoms with E-state index in [-0.39, 0.29) is 5.41 Å². The quantitative estimate of drug-likeness (QED) is 0.442. The predicted molar refractivity (Wildman–Crippen MR) is 152 cm³/mol. The van der Waals surface area contributed by atoms with E-state index < -0.39 is 0 Å². The molecule has 0 spiro atoms. The minimum atomic E-state index is 0.102. The van der Waals surface area contributed by atoms with E-state index in [4.69, 9.17) is 0 Å². The summed E-state index contributed by atoms with van der Waals surface area (Å²) in [4.78, 5) is 2.65. The maximum atomic E-state index is 3.97. The lowest BCUT2D eigenvalue weighted by Crippen LogP contribution is -2.43. The average molecular weight is 477 g/mol. The van der Waals surface area contributed by atoms with Gasteiger partial charge in [0.15, 0.2) is 0 Å². The summed E-state index contributed by atoms with van der Waals surface area (Å²) in [6, 6.07) is 0.345. The second kappa shape index (κ2) is 9.14. The van der Waals surface area contributed by atoms with E-state index in [9.17, 15) is 0 Å². The highest BCUT2D eigenvalue weighted by Gasteiger charge is 2.40. The predicted octanol–water partition coefficient (Wildman–Crippen LogP) is 8.12. The summed E-state index contributed by atoms with van der Waals surface area (Å²) in [6.07, 6.45) is 32.6. The first-order valence-electron chi connectivity index (χ1n) is 14.0. The van der Waals surface area contributed by atoms with Crippen molar-refractivity contribution < 1.29 is 0 Å². The molecule has 0 amide bonds. The van der Waals surface area contributed by atoms with Gasteiger partial charge in [-0.2, -0.15) is 0 Å². The molecular weight excluding hydrogens is 436 g/mol. The monoisotopic (exact) mass is 476 g/mol. The molecule has 0 aromatic heterocycles. The molecule has 0 fully saturated rings. The number of nitrogens with one attached hydrogen (secondary N) is 1. The van der Waals surface area contributed by atoms with Gasteiger partial charge in [-0.25, -0.2) is 0 Å². The number of allylic oxidation sites excluding steroid dienone is 15. The zero-order chi connectivity index (χ0) is 24.9. The minimum Gasteiger partial charge on any atom is -0.363 e. The first-order chi connectivity index (χ1) is 17.4. The van der Waals surface area contributed by atoms with E-state index in [1.165, 1.54) is 46.7 Å². The fraction of sp³-hybridized carbons (Fsp3) is 0.412.